The van der Waals surface area contributed by atoms with E-state index < -0.39 is 6.10 Å². The maximum absolute atomic E-state index is 11.6. The minimum absolute atomic E-state index is 0.0000268. The highest BCUT2D eigenvalue weighted by molar-refractivity contribution is 7.16. The van der Waals surface area contributed by atoms with Gasteiger partial charge in [0.1, 0.15) is 12.6 Å². The van der Waals surface area contributed by atoms with Gasteiger partial charge < -0.3 is 25.8 Å². The Morgan fingerprint density at radius 1 is 1.43 bits per heavy atom. The highest BCUT2D eigenvalue weighted by Gasteiger charge is 2.11. The summed E-state index contributed by atoms with van der Waals surface area (Å²) in [6.45, 7) is 3.76. The molecule has 4 N–H and O–H groups in total. The van der Waals surface area contributed by atoms with Crippen LogP contribution in [0.4, 0.5) is 0 Å². The summed E-state index contributed by atoms with van der Waals surface area (Å²) in [5.74, 6) is 0.279. The Hall–Kier alpha value is -1.35. The maximum Gasteiger partial charge on any atom is 0.241 e. The van der Waals surface area contributed by atoms with Crippen LogP contribution in [0, 0.1) is 0 Å². The van der Waals surface area contributed by atoms with Gasteiger partial charge in [0.2, 0.25) is 5.91 Å². The summed E-state index contributed by atoms with van der Waals surface area (Å²) in [5, 5.41) is 18.8. The van der Waals surface area contributed by atoms with E-state index >= 15 is 0 Å². The van der Waals surface area contributed by atoms with Crippen LogP contribution in [0.2, 0.25) is 4.34 Å². The van der Waals surface area contributed by atoms with Crippen LogP contribution in [-0.2, 0) is 9.53 Å². The van der Waals surface area contributed by atoms with Crippen molar-refractivity contribution in [3.63, 3.8) is 0 Å². The number of methoxy groups -OCH3 is 1. The van der Waals surface area contributed by atoms with Crippen molar-refractivity contribution in [3.05, 3.63) is 21.3 Å². The quantitative estimate of drug-likeness (QED) is 0.295. The number of thiophene rings is 1. The van der Waals surface area contributed by atoms with Crippen LogP contribution in [-0.4, -0.2) is 56.9 Å². The zero-order valence-electron chi connectivity index (χ0n) is 13.3. The SMILES string of the molecule is CCNC(=NCC(=O)NCCOC)NCC(O)c1ccc(Cl)s1. The molecule has 0 fully saturated rings. The Morgan fingerprint density at radius 2 is 2.22 bits per heavy atom. The number of rotatable bonds is 9. The molecular weight excluding hydrogens is 340 g/mol. The predicted octanol–water partition coefficient (Wildman–Crippen LogP) is 0.753. The zero-order chi connectivity index (χ0) is 17.1. The second kappa shape index (κ2) is 11.2. The topological polar surface area (TPSA) is 95.0 Å². The largest absolute Gasteiger partial charge is 0.386 e. The van der Waals surface area contributed by atoms with Crippen molar-refractivity contribution in [2.24, 2.45) is 4.99 Å². The molecule has 7 nitrogen and oxygen atoms in total. The van der Waals surface area contributed by atoms with Crippen molar-refractivity contribution in [1.29, 1.82) is 0 Å². The predicted molar refractivity (Wildman–Crippen MR) is 93.2 cm³/mol. The molecule has 1 aromatic heterocycles. The molecule has 0 aromatic carbocycles. The fraction of sp³-hybridized carbons (Fsp3) is 0.571. The lowest BCUT2D eigenvalue weighted by Crippen LogP contribution is -2.40. The molecule has 0 radical (unpaired) electrons. The van der Waals surface area contributed by atoms with Crippen LogP contribution in [0.5, 0.6) is 0 Å². The number of hydrogen-bond acceptors (Lipinski definition) is 5. The summed E-state index contributed by atoms with van der Waals surface area (Å²) >= 11 is 7.18. The number of nitrogens with zero attached hydrogens (tertiary/aromatic N) is 1. The molecule has 130 valence electrons. The molecular formula is C14H23ClN4O3S. The van der Waals surface area contributed by atoms with Gasteiger partial charge in [0.25, 0.3) is 0 Å². The number of amides is 1. The molecule has 0 aliphatic carbocycles. The van der Waals surface area contributed by atoms with Gasteiger partial charge in [0.05, 0.1) is 10.9 Å². The van der Waals surface area contributed by atoms with Crippen LogP contribution in [0.15, 0.2) is 17.1 Å². The molecule has 23 heavy (non-hydrogen) atoms. The van der Waals surface area contributed by atoms with Gasteiger partial charge in [-0.25, -0.2) is 4.99 Å². The lowest BCUT2D eigenvalue weighted by molar-refractivity contribution is -0.119. The highest BCUT2D eigenvalue weighted by atomic mass is 35.5. The molecule has 1 rings (SSSR count). The summed E-state index contributed by atoms with van der Waals surface area (Å²) in [5.41, 5.74) is 0. The Morgan fingerprint density at radius 3 is 2.83 bits per heavy atom. The normalized spacial score (nSPS) is 12.8. The van der Waals surface area contributed by atoms with Crippen LogP contribution in [0.3, 0.4) is 0 Å². The van der Waals surface area contributed by atoms with E-state index in [1.807, 2.05) is 6.92 Å². The molecule has 0 bridgehead atoms. The standard InChI is InChI=1S/C14H23ClN4O3S/c1-3-16-14(19-9-13(21)17-6-7-22-2)18-8-10(20)11-4-5-12(15)23-11/h4-5,10,20H,3,6-9H2,1-2H3,(H,17,21)(H2,16,18,19). The zero-order valence-corrected chi connectivity index (χ0v) is 14.8. The van der Waals surface area contributed by atoms with E-state index in [9.17, 15) is 9.90 Å². The van der Waals surface area contributed by atoms with Gasteiger partial charge in [-0.05, 0) is 19.1 Å². The van der Waals surface area contributed by atoms with E-state index in [1.54, 1.807) is 19.2 Å². The van der Waals surface area contributed by atoms with Gasteiger partial charge in [-0.1, -0.05) is 11.6 Å². The van der Waals surface area contributed by atoms with E-state index in [4.69, 9.17) is 16.3 Å². The molecule has 9 heteroatoms. The highest BCUT2D eigenvalue weighted by Crippen LogP contribution is 2.26. The number of aliphatic hydroxyl groups is 1. The van der Waals surface area contributed by atoms with Gasteiger partial charge in [-0.15, -0.1) is 11.3 Å². The smallest absolute Gasteiger partial charge is 0.241 e. The Kier molecular flexibility index (Phi) is 9.61. The second-order valence-corrected chi connectivity index (χ2v) is 6.32. The number of carbonyl (C=O) groups is 1. The third-order valence-electron chi connectivity index (χ3n) is 2.74. The third kappa shape index (κ3) is 8.17. The van der Waals surface area contributed by atoms with E-state index in [0.29, 0.717) is 30.0 Å². The van der Waals surface area contributed by atoms with Crippen LogP contribution in [0.1, 0.15) is 17.9 Å². The Bertz CT molecular complexity index is 510. The minimum Gasteiger partial charge on any atom is -0.386 e. The van der Waals surface area contributed by atoms with Gasteiger partial charge in [0, 0.05) is 31.6 Å². The lowest BCUT2D eigenvalue weighted by atomic mass is 10.3. The number of guanidine groups is 1. The van der Waals surface area contributed by atoms with Crippen molar-refractivity contribution in [1.82, 2.24) is 16.0 Å². The monoisotopic (exact) mass is 362 g/mol. The molecule has 1 aromatic rings. The van der Waals surface area contributed by atoms with E-state index in [-0.39, 0.29) is 19.0 Å². The first-order chi connectivity index (χ1) is 11.1. The third-order valence-corrected chi connectivity index (χ3v) is 4.07. The number of aliphatic imine (C=N–C) groups is 1. The van der Waals surface area contributed by atoms with E-state index in [1.165, 1.54) is 11.3 Å². The van der Waals surface area contributed by atoms with Crippen molar-refractivity contribution >= 4 is 34.8 Å². The summed E-state index contributed by atoms with van der Waals surface area (Å²) in [4.78, 5) is 16.5. The van der Waals surface area contributed by atoms with Crippen LogP contribution in [0.25, 0.3) is 0 Å². The summed E-state index contributed by atoms with van der Waals surface area (Å²) in [7, 11) is 1.57. The molecule has 0 saturated carbocycles. The second-order valence-electron chi connectivity index (χ2n) is 4.58. The first kappa shape index (κ1) is 19.7. The average molecular weight is 363 g/mol. The first-order valence-corrected chi connectivity index (χ1v) is 8.47. The first-order valence-electron chi connectivity index (χ1n) is 7.28. The minimum atomic E-state index is -0.688. The number of hydrogen-bond donors (Lipinski definition) is 4. The Balaban J connectivity index is 2.44. The Labute approximate surface area is 145 Å². The molecule has 1 unspecified atom stereocenters. The lowest BCUT2D eigenvalue weighted by Gasteiger charge is -2.14. The average Bonchev–Trinajstić information content (AvgIpc) is 2.96. The fourth-order valence-corrected chi connectivity index (χ4v) is 2.69. The number of aliphatic hydroxyl groups excluding tert-OH is 1. The molecule has 0 spiro atoms. The summed E-state index contributed by atoms with van der Waals surface area (Å²) in [6.07, 6.45) is -0.688. The van der Waals surface area contributed by atoms with Gasteiger partial charge in [-0.3, -0.25) is 4.79 Å². The molecule has 0 saturated heterocycles. The number of halogens is 1. The van der Waals surface area contributed by atoms with Crippen molar-refractivity contribution < 1.29 is 14.6 Å². The summed E-state index contributed by atoms with van der Waals surface area (Å²) in [6, 6.07) is 3.53. The maximum atomic E-state index is 11.6. The molecule has 0 aliphatic rings. The molecule has 1 amide bonds. The van der Waals surface area contributed by atoms with E-state index in [0.717, 1.165) is 4.88 Å². The van der Waals surface area contributed by atoms with Gasteiger partial charge in [-0.2, -0.15) is 0 Å². The molecule has 0 aliphatic heterocycles. The number of nitrogens with one attached hydrogen (secondary N) is 3. The van der Waals surface area contributed by atoms with Crippen molar-refractivity contribution in [2.45, 2.75) is 13.0 Å². The van der Waals surface area contributed by atoms with Crippen LogP contribution < -0.4 is 16.0 Å². The molecule has 1 heterocycles. The van der Waals surface area contributed by atoms with Crippen LogP contribution >= 0.6 is 22.9 Å². The fourth-order valence-electron chi connectivity index (χ4n) is 1.64. The van der Waals surface area contributed by atoms with Gasteiger partial charge >= 0.3 is 0 Å². The number of ether oxygens (including phenoxy) is 1. The summed E-state index contributed by atoms with van der Waals surface area (Å²) < 4.78 is 5.49. The van der Waals surface area contributed by atoms with Gasteiger partial charge in [0.15, 0.2) is 5.96 Å². The van der Waals surface area contributed by atoms with E-state index in [2.05, 4.69) is 20.9 Å². The van der Waals surface area contributed by atoms with Crippen molar-refractivity contribution in [2.75, 3.05) is 39.9 Å². The van der Waals surface area contributed by atoms with Crippen molar-refractivity contribution in [3.8, 4) is 0 Å². The number of carbonyl (C=O) groups excluding carboxylic acids is 1. The molecule has 1 atom stereocenters.